The molecule has 1 aromatic carbocycles. The van der Waals surface area contributed by atoms with Gasteiger partial charge in [0.2, 0.25) is 17.7 Å². The van der Waals surface area contributed by atoms with Crippen LogP contribution in [-0.2, 0) is 87.9 Å². The van der Waals surface area contributed by atoms with E-state index in [1.54, 1.807) is 51.0 Å². The lowest BCUT2D eigenvalue weighted by Crippen LogP contribution is -2.54. The predicted octanol–water partition coefficient (Wildman–Crippen LogP) is 2.84. The number of ether oxygens (including phenoxy) is 10. The Labute approximate surface area is 437 Å². The lowest BCUT2D eigenvalue weighted by molar-refractivity contribution is -0.132. The van der Waals surface area contributed by atoms with Crippen LogP contribution in [0.1, 0.15) is 77.1 Å². The van der Waals surface area contributed by atoms with Gasteiger partial charge in [-0.25, -0.2) is 14.3 Å². The first kappa shape index (κ1) is 65.1. The van der Waals surface area contributed by atoms with Crippen LogP contribution in [0.5, 0.6) is 0 Å². The molecule has 24 heteroatoms. The quantitative estimate of drug-likeness (QED) is 0.0596. The molecule has 24 nitrogen and oxygen atoms in total. The number of rotatable bonds is 45. The molecule has 0 saturated heterocycles. The summed E-state index contributed by atoms with van der Waals surface area (Å²) in [6, 6.07) is 2.72. The molecule has 0 spiro atoms. The number of methoxy groups -OCH3 is 1. The van der Waals surface area contributed by atoms with E-state index in [0.29, 0.717) is 142 Å². The number of nitrogens with zero attached hydrogens (tertiary/aromatic N) is 4. The van der Waals surface area contributed by atoms with Crippen molar-refractivity contribution in [3.05, 3.63) is 41.2 Å². The summed E-state index contributed by atoms with van der Waals surface area (Å²) < 4.78 is 56.0. The zero-order valence-corrected chi connectivity index (χ0v) is 45.0. The average molecular weight is 1050 g/mol. The van der Waals surface area contributed by atoms with Gasteiger partial charge in [-0.3, -0.25) is 14.4 Å². The number of aromatic nitrogens is 3. The molecule has 74 heavy (non-hydrogen) atoms. The molecule has 0 aliphatic carbocycles. The molecule has 2 rings (SSSR count). The molecule has 2 aromatic rings. The van der Waals surface area contributed by atoms with Crippen molar-refractivity contribution < 1.29 is 71.3 Å². The van der Waals surface area contributed by atoms with Crippen molar-refractivity contribution in [1.29, 1.82) is 0 Å². The van der Waals surface area contributed by atoms with Crippen molar-refractivity contribution in [1.82, 2.24) is 35.8 Å². The standard InChI is InChI=1S/C50H87N9O15/c1-8-40-11-12-42(53-47(61)44(10-9-15-52-49(51)63)54-48(62)46(39(4)5)55-45(60)14-18-66-17-13-38(2)3)34-41(40)35-58(6)50(64)74-37-43-36-59(57-56-43)16-19-67-22-23-69-26-27-71-30-31-73-33-32-72-29-28-70-25-24-68-21-20-65-7/h11-12,34,36,38-39,44,46H,8-10,13-33,35,37H2,1-7H3,(H,53,61)(H,54,62)(H,55,60)(H3,51,52,63)/t44-,46-/m0/s1. The maximum atomic E-state index is 13.8. The molecule has 0 unspecified atom stereocenters. The highest BCUT2D eigenvalue weighted by Crippen LogP contribution is 2.20. The Morgan fingerprint density at radius 3 is 1.81 bits per heavy atom. The third kappa shape index (κ3) is 31.6. The fraction of sp³-hybridized carbons (Fsp3) is 0.740. The number of hydrogen-bond acceptors (Lipinski definition) is 17. The van der Waals surface area contributed by atoms with E-state index in [1.807, 2.05) is 13.0 Å². The maximum absolute atomic E-state index is 13.8. The zero-order valence-electron chi connectivity index (χ0n) is 45.0. The monoisotopic (exact) mass is 1050 g/mol. The topological polar surface area (TPSA) is 286 Å². The van der Waals surface area contributed by atoms with Crippen LogP contribution in [0.3, 0.4) is 0 Å². The molecular formula is C50H87N9O15. The van der Waals surface area contributed by atoms with Crippen LogP contribution in [0.25, 0.3) is 0 Å². The fourth-order valence-corrected chi connectivity index (χ4v) is 6.64. The molecule has 2 atom stereocenters. The van der Waals surface area contributed by atoms with Crippen molar-refractivity contribution in [2.75, 3.05) is 138 Å². The normalized spacial score (nSPS) is 12.2. The van der Waals surface area contributed by atoms with Gasteiger partial charge < -0.3 is 79.3 Å². The first-order valence-corrected chi connectivity index (χ1v) is 25.7. The van der Waals surface area contributed by atoms with E-state index in [0.717, 1.165) is 17.5 Å². The molecule has 1 aromatic heterocycles. The lowest BCUT2D eigenvalue weighted by atomic mass is 10.0. The van der Waals surface area contributed by atoms with Crippen molar-refractivity contribution in [2.45, 2.75) is 98.5 Å². The van der Waals surface area contributed by atoms with E-state index in [1.165, 1.54) is 4.90 Å². The molecule has 0 fully saturated rings. The van der Waals surface area contributed by atoms with Crippen LogP contribution in [-0.4, -0.2) is 195 Å². The highest BCUT2D eigenvalue weighted by atomic mass is 16.6. The molecule has 0 saturated carbocycles. The molecule has 0 radical (unpaired) electrons. The van der Waals surface area contributed by atoms with E-state index < -0.39 is 36.0 Å². The number of benzene rings is 1. The number of carbonyl (C=O) groups excluding carboxylic acids is 5. The van der Waals surface area contributed by atoms with Gasteiger partial charge in [0.15, 0.2) is 0 Å². The molecule has 1 heterocycles. The fourth-order valence-electron chi connectivity index (χ4n) is 6.64. The van der Waals surface area contributed by atoms with Gasteiger partial charge in [0.05, 0.1) is 118 Å². The molecule has 0 bridgehead atoms. The Morgan fingerprint density at radius 1 is 0.703 bits per heavy atom. The number of nitrogens with one attached hydrogen (secondary N) is 4. The third-order valence-electron chi connectivity index (χ3n) is 10.8. The number of amides is 6. The van der Waals surface area contributed by atoms with Gasteiger partial charge in [0.25, 0.3) is 0 Å². The first-order valence-electron chi connectivity index (χ1n) is 25.7. The highest BCUT2D eigenvalue weighted by molar-refractivity contribution is 5.98. The van der Waals surface area contributed by atoms with Crippen LogP contribution in [0.15, 0.2) is 24.4 Å². The van der Waals surface area contributed by atoms with E-state index in [4.69, 9.17) is 53.1 Å². The van der Waals surface area contributed by atoms with Gasteiger partial charge in [0.1, 0.15) is 24.4 Å². The second kappa shape index (κ2) is 41.2. The van der Waals surface area contributed by atoms with Crippen LogP contribution in [0, 0.1) is 11.8 Å². The van der Waals surface area contributed by atoms with Crippen LogP contribution < -0.4 is 27.0 Å². The van der Waals surface area contributed by atoms with E-state index in [2.05, 4.69) is 45.4 Å². The van der Waals surface area contributed by atoms with Crippen molar-refractivity contribution >= 4 is 35.5 Å². The number of primary amides is 1. The molecule has 422 valence electrons. The number of anilines is 1. The smallest absolute Gasteiger partial charge is 0.410 e. The lowest BCUT2D eigenvalue weighted by Gasteiger charge is -2.25. The number of hydrogen-bond donors (Lipinski definition) is 5. The van der Waals surface area contributed by atoms with E-state index in [-0.39, 0.29) is 51.0 Å². The SMILES string of the molecule is CCc1ccc(NC(=O)[C@H](CCCNC(N)=O)NC(=O)[C@@H](NC(=O)CCOCCC(C)C)C(C)C)cc1CN(C)C(=O)OCc1cn(CCOCCOCCOCCOCCOCCOCCOCCOC)nn1. The Hall–Kier alpha value is -5.05. The van der Waals surface area contributed by atoms with E-state index >= 15 is 0 Å². The number of nitrogens with two attached hydrogens (primary N) is 1. The van der Waals surface area contributed by atoms with Gasteiger partial charge in [-0.05, 0) is 60.8 Å². The molecule has 6 amide bonds. The zero-order chi connectivity index (χ0) is 54.2. The van der Waals surface area contributed by atoms with Gasteiger partial charge in [0, 0.05) is 46.0 Å². The second-order valence-corrected chi connectivity index (χ2v) is 17.8. The summed E-state index contributed by atoms with van der Waals surface area (Å²) in [5.41, 5.74) is 7.85. The van der Waals surface area contributed by atoms with E-state index in [9.17, 15) is 24.0 Å². The summed E-state index contributed by atoms with van der Waals surface area (Å²) in [7, 11) is 3.24. The van der Waals surface area contributed by atoms with Crippen molar-refractivity contribution in [3.63, 3.8) is 0 Å². The Bertz CT molecular complexity index is 1840. The maximum Gasteiger partial charge on any atom is 0.410 e. The molecule has 6 N–H and O–H groups in total. The van der Waals surface area contributed by atoms with Gasteiger partial charge in [-0.1, -0.05) is 45.9 Å². The highest BCUT2D eigenvalue weighted by Gasteiger charge is 2.29. The minimum Gasteiger partial charge on any atom is -0.443 e. The van der Waals surface area contributed by atoms with Gasteiger partial charge >= 0.3 is 12.1 Å². The Balaban J connectivity index is 1.73. The largest absolute Gasteiger partial charge is 0.443 e. The third-order valence-corrected chi connectivity index (χ3v) is 10.8. The molecule has 0 aliphatic rings. The Kier molecular flexibility index (Phi) is 36.2. The molecule has 0 aliphatic heterocycles. The molecular weight excluding hydrogens is 967 g/mol. The average Bonchev–Trinajstić information content (AvgIpc) is 3.83. The predicted molar refractivity (Wildman–Crippen MR) is 274 cm³/mol. The summed E-state index contributed by atoms with van der Waals surface area (Å²) in [5, 5.41) is 19.2. The number of urea groups is 1. The van der Waals surface area contributed by atoms with Crippen LogP contribution >= 0.6 is 0 Å². The van der Waals surface area contributed by atoms with Crippen LogP contribution in [0.4, 0.5) is 15.3 Å². The first-order chi connectivity index (χ1) is 35.7. The number of carbonyl (C=O) groups is 5. The summed E-state index contributed by atoms with van der Waals surface area (Å²) in [4.78, 5) is 66.0. The van der Waals surface area contributed by atoms with Crippen LogP contribution in [0.2, 0.25) is 0 Å². The second-order valence-electron chi connectivity index (χ2n) is 17.8. The summed E-state index contributed by atoms with van der Waals surface area (Å²) in [5.74, 6) is -1.19. The van der Waals surface area contributed by atoms with Gasteiger partial charge in [-0.15, -0.1) is 5.10 Å². The van der Waals surface area contributed by atoms with Crippen molar-refractivity contribution in [2.24, 2.45) is 17.6 Å². The summed E-state index contributed by atoms with van der Waals surface area (Å²) in [6.07, 6.45) is 3.18. The summed E-state index contributed by atoms with van der Waals surface area (Å²) in [6.45, 7) is 18.3. The minimum absolute atomic E-state index is 0.0838. The minimum atomic E-state index is -1.03. The Morgan fingerprint density at radius 2 is 1.27 bits per heavy atom. The number of aryl methyl sites for hydroxylation is 1. The van der Waals surface area contributed by atoms with Gasteiger partial charge in [-0.2, -0.15) is 0 Å². The summed E-state index contributed by atoms with van der Waals surface area (Å²) >= 11 is 0. The van der Waals surface area contributed by atoms with Crippen molar-refractivity contribution in [3.8, 4) is 0 Å².